The van der Waals surface area contributed by atoms with Crippen LogP contribution in [-0.4, -0.2) is 12.5 Å². The van der Waals surface area contributed by atoms with E-state index in [1.165, 1.54) is 16.7 Å². The van der Waals surface area contributed by atoms with Gasteiger partial charge in [-0.05, 0) is 62.9 Å². The standard InChI is InChI=1S/C21H27NO2/c1-5-24-20-8-6-19(7-9-20)22-21(23)14-17(4)13-18-11-15(2)10-16(3)12-18/h6-12,17H,5,13-14H2,1-4H3,(H,22,23). The van der Waals surface area contributed by atoms with Gasteiger partial charge >= 0.3 is 0 Å². The van der Waals surface area contributed by atoms with Crippen molar-refractivity contribution in [2.75, 3.05) is 11.9 Å². The number of carbonyl (C=O) groups is 1. The monoisotopic (exact) mass is 325 g/mol. The van der Waals surface area contributed by atoms with Crippen LogP contribution < -0.4 is 10.1 Å². The van der Waals surface area contributed by atoms with Gasteiger partial charge in [-0.25, -0.2) is 0 Å². The third-order valence-electron chi connectivity index (χ3n) is 3.85. The molecule has 1 amide bonds. The second-order valence-electron chi connectivity index (χ2n) is 6.51. The number of rotatable bonds is 7. The summed E-state index contributed by atoms with van der Waals surface area (Å²) in [5.74, 6) is 1.17. The van der Waals surface area contributed by atoms with Crippen molar-refractivity contribution >= 4 is 11.6 Å². The van der Waals surface area contributed by atoms with Crippen LogP contribution in [0, 0.1) is 19.8 Å². The molecule has 24 heavy (non-hydrogen) atoms. The largest absolute Gasteiger partial charge is 0.494 e. The minimum absolute atomic E-state index is 0.0519. The SMILES string of the molecule is CCOc1ccc(NC(=O)CC(C)Cc2cc(C)cc(C)c2)cc1. The number of anilines is 1. The van der Waals surface area contributed by atoms with Crippen LogP contribution in [0.2, 0.25) is 0 Å². The van der Waals surface area contributed by atoms with E-state index in [9.17, 15) is 4.79 Å². The lowest BCUT2D eigenvalue weighted by atomic mass is 9.95. The van der Waals surface area contributed by atoms with Crippen LogP contribution in [0.5, 0.6) is 5.75 Å². The van der Waals surface area contributed by atoms with E-state index in [1.54, 1.807) is 0 Å². The molecule has 0 radical (unpaired) electrons. The lowest BCUT2D eigenvalue weighted by Crippen LogP contribution is -2.16. The first kappa shape index (κ1) is 18.1. The predicted molar refractivity (Wildman–Crippen MR) is 99.6 cm³/mol. The van der Waals surface area contributed by atoms with Crippen LogP contribution in [0.4, 0.5) is 5.69 Å². The molecule has 2 aromatic rings. The topological polar surface area (TPSA) is 38.3 Å². The summed E-state index contributed by atoms with van der Waals surface area (Å²) in [6.45, 7) is 8.93. The summed E-state index contributed by atoms with van der Waals surface area (Å²) >= 11 is 0. The van der Waals surface area contributed by atoms with Gasteiger partial charge in [-0.3, -0.25) is 4.79 Å². The first-order chi connectivity index (χ1) is 11.5. The Hall–Kier alpha value is -2.29. The highest BCUT2D eigenvalue weighted by atomic mass is 16.5. The molecule has 1 atom stereocenters. The van der Waals surface area contributed by atoms with Crippen molar-refractivity contribution in [3.8, 4) is 5.75 Å². The number of amides is 1. The third-order valence-corrected chi connectivity index (χ3v) is 3.85. The Balaban J connectivity index is 1.86. The Morgan fingerprint density at radius 3 is 2.29 bits per heavy atom. The highest BCUT2D eigenvalue weighted by molar-refractivity contribution is 5.90. The van der Waals surface area contributed by atoms with Crippen LogP contribution in [-0.2, 0) is 11.2 Å². The van der Waals surface area contributed by atoms with Crippen LogP contribution in [0.3, 0.4) is 0 Å². The average Bonchev–Trinajstić information content (AvgIpc) is 2.48. The second kappa shape index (κ2) is 8.53. The molecule has 3 heteroatoms. The van der Waals surface area contributed by atoms with Gasteiger partial charge < -0.3 is 10.1 Å². The van der Waals surface area contributed by atoms with E-state index in [0.29, 0.717) is 18.9 Å². The van der Waals surface area contributed by atoms with Crippen molar-refractivity contribution in [2.45, 2.75) is 40.5 Å². The number of carbonyl (C=O) groups excluding carboxylic acids is 1. The summed E-state index contributed by atoms with van der Waals surface area (Å²) < 4.78 is 5.40. The van der Waals surface area contributed by atoms with Gasteiger partial charge in [0.15, 0.2) is 0 Å². The Morgan fingerprint density at radius 2 is 1.71 bits per heavy atom. The smallest absolute Gasteiger partial charge is 0.224 e. The van der Waals surface area contributed by atoms with Gasteiger partial charge in [-0.1, -0.05) is 36.2 Å². The minimum atomic E-state index is 0.0519. The molecule has 0 heterocycles. The summed E-state index contributed by atoms with van der Waals surface area (Å²) in [6, 6.07) is 14.1. The third kappa shape index (κ3) is 5.73. The van der Waals surface area contributed by atoms with E-state index in [0.717, 1.165) is 17.9 Å². The molecule has 0 aromatic heterocycles. The van der Waals surface area contributed by atoms with Gasteiger partial charge in [0.25, 0.3) is 0 Å². The Kier molecular flexibility index (Phi) is 6.42. The second-order valence-corrected chi connectivity index (χ2v) is 6.51. The summed E-state index contributed by atoms with van der Waals surface area (Å²) in [5, 5.41) is 2.96. The maximum Gasteiger partial charge on any atom is 0.224 e. The molecule has 128 valence electrons. The van der Waals surface area contributed by atoms with Crippen LogP contribution in [0.25, 0.3) is 0 Å². The maximum atomic E-state index is 12.2. The van der Waals surface area contributed by atoms with E-state index in [4.69, 9.17) is 4.74 Å². The Morgan fingerprint density at radius 1 is 1.08 bits per heavy atom. The first-order valence-electron chi connectivity index (χ1n) is 8.56. The summed E-state index contributed by atoms with van der Waals surface area (Å²) in [5.41, 5.74) is 4.66. The summed E-state index contributed by atoms with van der Waals surface area (Å²) in [6.07, 6.45) is 1.43. The molecule has 0 aliphatic heterocycles. The van der Waals surface area contributed by atoms with Crippen molar-refractivity contribution in [3.05, 3.63) is 59.2 Å². The number of benzene rings is 2. The highest BCUT2D eigenvalue weighted by Crippen LogP contribution is 2.18. The normalized spacial score (nSPS) is 11.8. The number of hydrogen-bond donors (Lipinski definition) is 1. The predicted octanol–water partition coefficient (Wildman–Crippen LogP) is 4.91. The molecule has 0 saturated carbocycles. The molecule has 0 bridgehead atoms. The Labute approximate surface area is 145 Å². The van der Waals surface area contributed by atoms with Gasteiger partial charge in [0.2, 0.25) is 5.91 Å². The van der Waals surface area contributed by atoms with Crippen molar-refractivity contribution in [3.63, 3.8) is 0 Å². The molecule has 0 aliphatic carbocycles. The van der Waals surface area contributed by atoms with Gasteiger partial charge in [-0.15, -0.1) is 0 Å². The molecule has 2 rings (SSSR count). The molecule has 1 N–H and O–H groups in total. The summed E-state index contributed by atoms with van der Waals surface area (Å²) in [4.78, 5) is 12.2. The van der Waals surface area contributed by atoms with Crippen LogP contribution in [0.1, 0.15) is 37.0 Å². The van der Waals surface area contributed by atoms with Crippen molar-refractivity contribution in [2.24, 2.45) is 5.92 Å². The lowest BCUT2D eigenvalue weighted by molar-refractivity contribution is -0.116. The zero-order chi connectivity index (χ0) is 17.5. The lowest BCUT2D eigenvalue weighted by Gasteiger charge is -2.13. The molecule has 3 nitrogen and oxygen atoms in total. The van der Waals surface area contributed by atoms with E-state index < -0.39 is 0 Å². The van der Waals surface area contributed by atoms with Gasteiger partial charge in [-0.2, -0.15) is 0 Å². The molecule has 0 spiro atoms. The number of nitrogens with one attached hydrogen (secondary N) is 1. The molecule has 0 saturated heterocycles. The van der Waals surface area contributed by atoms with E-state index in [2.05, 4.69) is 44.3 Å². The molecular weight excluding hydrogens is 298 g/mol. The van der Waals surface area contributed by atoms with Crippen LogP contribution >= 0.6 is 0 Å². The van der Waals surface area contributed by atoms with E-state index in [-0.39, 0.29) is 5.91 Å². The van der Waals surface area contributed by atoms with Gasteiger partial charge in [0, 0.05) is 12.1 Å². The molecule has 1 unspecified atom stereocenters. The quantitative estimate of drug-likeness (QED) is 0.785. The van der Waals surface area contributed by atoms with Crippen molar-refractivity contribution in [1.82, 2.24) is 0 Å². The zero-order valence-electron chi connectivity index (χ0n) is 15.1. The fourth-order valence-electron chi connectivity index (χ4n) is 2.99. The summed E-state index contributed by atoms with van der Waals surface area (Å²) in [7, 11) is 0. The minimum Gasteiger partial charge on any atom is -0.494 e. The number of aryl methyl sites for hydroxylation is 2. The Bertz CT molecular complexity index is 656. The van der Waals surface area contributed by atoms with Gasteiger partial charge in [0.1, 0.15) is 5.75 Å². The van der Waals surface area contributed by atoms with Crippen LogP contribution in [0.15, 0.2) is 42.5 Å². The van der Waals surface area contributed by atoms with E-state index >= 15 is 0 Å². The highest BCUT2D eigenvalue weighted by Gasteiger charge is 2.11. The van der Waals surface area contributed by atoms with Crippen molar-refractivity contribution in [1.29, 1.82) is 0 Å². The van der Waals surface area contributed by atoms with E-state index in [1.807, 2.05) is 31.2 Å². The number of hydrogen-bond acceptors (Lipinski definition) is 2. The first-order valence-corrected chi connectivity index (χ1v) is 8.56. The van der Waals surface area contributed by atoms with Gasteiger partial charge in [0.05, 0.1) is 6.61 Å². The molecule has 2 aromatic carbocycles. The number of ether oxygens (including phenoxy) is 1. The average molecular weight is 325 g/mol. The molecule has 0 fully saturated rings. The molecule has 0 aliphatic rings. The fraction of sp³-hybridized carbons (Fsp3) is 0.381. The zero-order valence-corrected chi connectivity index (χ0v) is 15.1. The van der Waals surface area contributed by atoms with Crippen molar-refractivity contribution < 1.29 is 9.53 Å². The maximum absolute atomic E-state index is 12.2. The molecular formula is C21H27NO2. The fourth-order valence-corrected chi connectivity index (χ4v) is 2.99.